The topological polar surface area (TPSA) is 87.1 Å². The predicted octanol–water partition coefficient (Wildman–Crippen LogP) is 4.43. The fourth-order valence-electron chi connectivity index (χ4n) is 3.25. The summed E-state index contributed by atoms with van der Waals surface area (Å²) in [4.78, 5) is 19.7. The van der Waals surface area contributed by atoms with Crippen LogP contribution in [0, 0.1) is 0 Å². The molecule has 1 aliphatic carbocycles. The van der Waals surface area contributed by atoms with E-state index in [1.165, 1.54) is 0 Å². The summed E-state index contributed by atoms with van der Waals surface area (Å²) in [5.41, 5.74) is -2.62. The lowest BCUT2D eigenvalue weighted by Crippen LogP contribution is -2.44. The molecular formula is C19H20BrF3N4O2. The van der Waals surface area contributed by atoms with Gasteiger partial charge in [0, 0.05) is 22.9 Å². The van der Waals surface area contributed by atoms with Crippen molar-refractivity contribution in [2.75, 3.05) is 11.9 Å². The Kier molecular flexibility index (Phi) is 6.42. The maximum Gasteiger partial charge on any atom is 0.434 e. The van der Waals surface area contributed by atoms with E-state index < -0.39 is 28.9 Å². The Hall–Kier alpha value is -2.20. The first-order chi connectivity index (χ1) is 13.7. The van der Waals surface area contributed by atoms with Crippen molar-refractivity contribution in [1.82, 2.24) is 15.3 Å². The molecule has 156 valence electrons. The summed E-state index contributed by atoms with van der Waals surface area (Å²) in [6.07, 6.45) is -0.356. The number of hydrogen-bond acceptors (Lipinski definition) is 5. The smallest absolute Gasteiger partial charge is 0.388 e. The number of benzene rings is 1. The molecule has 0 saturated heterocycles. The molecule has 1 aromatic heterocycles. The van der Waals surface area contributed by atoms with Crippen LogP contribution in [-0.4, -0.2) is 33.1 Å². The lowest BCUT2D eigenvalue weighted by molar-refractivity contribution is -0.141. The molecule has 1 saturated carbocycles. The zero-order chi connectivity index (χ0) is 21.1. The van der Waals surface area contributed by atoms with Crippen LogP contribution in [0.2, 0.25) is 0 Å². The van der Waals surface area contributed by atoms with Crippen LogP contribution in [0.25, 0.3) is 0 Å². The summed E-state index contributed by atoms with van der Waals surface area (Å²) in [6.45, 7) is -0.110. The van der Waals surface area contributed by atoms with Crippen LogP contribution in [0.3, 0.4) is 0 Å². The van der Waals surface area contributed by atoms with Gasteiger partial charge in [0.1, 0.15) is 0 Å². The van der Waals surface area contributed by atoms with Crippen molar-refractivity contribution in [1.29, 1.82) is 0 Å². The van der Waals surface area contributed by atoms with E-state index in [-0.39, 0.29) is 12.5 Å². The largest absolute Gasteiger partial charge is 0.434 e. The van der Waals surface area contributed by atoms with Gasteiger partial charge in [-0.2, -0.15) is 13.2 Å². The molecule has 1 amide bonds. The molecule has 2 aromatic rings. The Morgan fingerprint density at radius 1 is 1.24 bits per heavy atom. The van der Waals surface area contributed by atoms with Gasteiger partial charge in [0.05, 0.1) is 11.2 Å². The van der Waals surface area contributed by atoms with E-state index in [0.717, 1.165) is 29.9 Å². The molecule has 1 aromatic carbocycles. The highest BCUT2D eigenvalue weighted by Crippen LogP contribution is 2.32. The normalized spacial score (nSPS) is 16.3. The number of carbonyl (C=O) groups excluding carboxylic acids is 1. The number of aromatic nitrogens is 2. The molecule has 1 heterocycles. The second-order valence-corrected chi connectivity index (χ2v) is 7.97. The number of amides is 1. The molecule has 0 unspecified atom stereocenters. The van der Waals surface area contributed by atoms with Crippen molar-refractivity contribution in [2.45, 2.75) is 43.9 Å². The predicted molar refractivity (Wildman–Crippen MR) is 105 cm³/mol. The Balaban J connectivity index is 1.79. The monoisotopic (exact) mass is 472 g/mol. The van der Waals surface area contributed by atoms with E-state index in [2.05, 4.69) is 36.5 Å². The van der Waals surface area contributed by atoms with Crippen molar-refractivity contribution in [3.63, 3.8) is 0 Å². The average molecular weight is 473 g/mol. The van der Waals surface area contributed by atoms with E-state index in [4.69, 9.17) is 0 Å². The van der Waals surface area contributed by atoms with Crippen molar-refractivity contribution in [2.24, 2.45) is 0 Å². The summed E-state index contributed by atoms with van der Waals surface area (Å²) in [7, 11) is 0. The molecule has 1 fully saturated rings. The molecule has 0 atom stereocenters. The summed E-state index contributed by atoms with van der Waals surface area (Å²) >= 11 is 3.27. The zero-order valence-electron chi connectivity index (χ0n) is 15.4. The summed E-state index contributed by atoms with van der Waals surface area (Å²) in [5, 5.41) is 15.5. The summed E-state index contributed by atoms with van der Waals surface area (Å²) in [6, 6.07) is 6.77. The molecule has 1 aliphatic rings. The number of nitrogens with zero attached hydrogens (tertiary/aromatic N) is 2. The highest BCUT2D eigenvalue weighted by atomic mass is 79.9. The van der Waals surface area contributed by atoms with Crippen LogP contribution in [0.1, 0.15) is 48.2 Å². The minimum Gasteiger partial charge on any atom is -0.388 e. The first-order valence-corrected chi connectivity index (χ1v) is 9.93. The van der Waals surface area contributed by atoms with E-state index in [1.807, 2.05) is 0 Å². The standard InChI is InChI=1S/C19H20BrF3N4O2/c20-12-5-4-6-13(9-12)26-17-24-10-14(15(27-17)19(21,22)23)16(28)25-11-18(29)7-2-1-3-8-18/h4-6,9-10,29H,1-3,7-8,11H2,(H,25,28)(H,24,26,27). The first-order valence-electron chi connectivity index (χ1n) is 9.14. The van der Waals surface area contributed by atoms with Crippen LogP contribution in [0.4, 0.5) is 24.8 Å². The lowest BCUT2D eigenvalue weighted by atomic mass is 9.85. The number of rotatable bonds is 5. The van der Waals surface area contributed by atoms with Gasteiger partial charge < -0.3 is 15.7 Å². The Morgan fingerprint density at radius 3 is 2.62 bits per heavy atom. The van der Waals surface area contributed by atoms with Gasteiger partial charge in [-0.1, -0.05) is 41.3 Å². The van der Waals surface area contributed by atoms with E-state index in [1.54, 1.807) is 24.3 Å². The second kappa shape index (κ2) is 8.66. The molecule has 3 N–H and O–H groups in total. The van der Waals surface area contributed by atoms with Crippen LogP contribution in [0.15, 0.2) is 34.9 Å². The van der Waals surface area contributed by atoms with Crippen LogP contribution >= 0.6 is 15.9 Å². The van der Waals surface area contributed by atoms with Gasteiger partial charge in [-0.05, 0) is 31.0 Å². The van der Waals surface area contributed by atoms with Gasteiger partial charge in [-0.25, -0.2) is 9.97 Å². The molecule has 0 aliphatic heterocycles. The molecule has 6 nitrogen and oxygen atoms in total. The Bertz CT molecular complexity index is 886. The maximum atomic E-state index is 13.5. The molecule has 3 rings (SSSR count). The van der Waals surface area contributed by atoms with E-state index in [9.17, 15) is 23.1 Å². The third kappa shape index (κ3) is 5.66. The molecular weight excluding hydrogens is 453 g/mol. The number of alkyl halides is 3. The van der Waals surface area contributed by atoms with Crippen molar-refractivity contribution >= 4 is 33.5 Å². The number of hydrogen-bond donors (Lipinski definition) is 3. The fraction of sp³-hybridized carbons (Fsp3) is 0.421. The van der Waals surface area contributed by atoms with Gasteiger partial charge in [0.2, 0.25) is 5.95 Å². The SMILES string of the molecule is O=C(NCC1(O)CCCCC1)c1cnc(Nc2cccc(Br)c2)nc1C(F)(F)F. The maximum absolute atomic E-state index is 13.5. The third-order valence-electron chi connectivity index (χ3n) is 4.74. The van der Waals surface area contributed by atoms with Gasteiger partial charge in [0.15, 0.2) is 5.69 Å². The van der Waals surface area contributed by atoms with Gasteiger partial charge in [-0.15, -0.1) is 0 Å². The fourth-order valence-corrected chi connectivity index (χ4v) is 3.65. The average Bonchev–Trinajstić information content (AvgIpc) is 2.66. The van der Waals surface area contributed by atoms with Crippen LogP contribution in [-0.2, 0) is 6.18 Å². The third-order valence-corrected chi connectivity index (χ3v) is 5.24. The van der Waals surface area contributed by atoms with Gasteiger partial charge >= 0.3 is 6.18 Å². The molecule has 0 spiro atoms. The van der Waals surface area contributed by atoms with Gasteiger partial charge in [-0.3, -0.25) is 4.79 Å². The molecule has 10 heteroatoms. The highest BCUT2D eigenvalue weighted by molar-refractivity contribution is 9.10. The van der Waals surface area contributed by atoms with Crippen molar-refractivity contribution in [3.8, 4) is 0 Å². The number of nitrogens with one attached hydrogen (secondary N) is 2. The zero-order valence-corrected chi connectivity index (χ0v) is 17.0. The minimum absolute atomic E-state index is 0.110. The van der Waals surface area contributed by atoms with Crippen LogP contribution < -0.4 is 10.6 Å². The molecule has 29 heavy (non-hydrogen) atoms. The summed E-state index contributed by atoms with van der Waals surface area (Å²) < 4.78 is 41.3. The molecule has 0 bridgehead atoms. The first kappa shape index (κ1) is 21.5. The second-order valence-electron chi connectivity index (χ2n) is 7.06. The summed E-state index contributed by atoms with van der Waals surface area (Å²) in [5.74, 6) is -1.25. The number of anilines is 2. The highest BCUT2D eigenvalue weighted by Gasteiger charge is 2.39. The van der Waals surface area contributed by atoms with Crippen molar-refractivity contribution < 1.29 is 23.1 Å². The lowest BCUT2D eigenvalue weighted by Gasteiger charge is -2.32. The Morgan fingerprint density at radius 2 is 1.97 bits per heavy atom. The van der Waals surface area contributed by atoms with Crippen LogP contribution in [0.5, 0.6) is 0 Å². The Labute approximate surface area is 174 Å². The quantitative estimate of drug-likeness (QED) is 0.599. The number of aliphatic hydroxyl groups is 1. The minimum atomic E-state index is -4.84. The molecule has 0 radical (unpaired) electrons. The van der Waals surface area contributed by atoms with Gasteiger partial charge in [0.25, 0.3) is 5.91 Å². The number of halogens is 4. The van der Waals surface area contributed by atoms with Crippen molar-refractivity contribution in [3.05, 3.63) is 46.2 Å². The van der Waals surface area contributed by atoms with E-state index in [0.29, 0.717) is 18.5 Å². The number of carbonyl (C=O) groups is 1. The van der Waals surface area contributed by atoms with E-state index >= 15 is 0 Å².